The first-order valence-electron chi connectivity index (χ1n) is 5.82. The summed E-state index contributed by atoms with van der Waals surface area (Å²) in [7, 11) is 0. The van der Waals surface area contributed by atoms with E-state index >= 15 is 0 Å². The normalized spacial score (nSPS) is 15.1. The highest BCUT2D eigenvalue weighted by molar-refractivity contribution is 7.17. The first-order chi connectivity index (χ1) is 7.72. The van der Waals surface area contributed by atoms with E-state index in [0.29, 0.717) is 10.9 Å². The van der Waals surface area contributed by atoms with Crippen LogP contribution in [0.4, 0.5) is 5.00 Å². The van der Waals surface area contributed by atoms with Gasteiger partial charge in [-0.2, -0.15) is 0 Å². The van der Waals surface area contributed by atoms with E-state index in [2.05, 4.69) is 11.8 Å². The van der Waals surface area contributed by atoms with Crippen LogP contribution in [0.25, 0.3) is 0 Å². The number of rotatable bonds is 6. The number of hydrogen-bond acceptors (Lipinski definition) is 3. The summed E-state index contributed by atoms with van der Waals surface area (Å²) < 4.78 is 0. The van der Waals surface area contributed by atoms with Crippen LogP contribution >= 0.6 is 11.3 Å². The molecule has 1 N–H and O–H groups in total. The van der Waals surface area contributed by atoms with Crippen molar-refractivity contribution in [3.05, 3.63) is 17.0 Å². The van der Waals surface area contributed by atoms with Gasteiger partial charge >= 0.3 is 5.97 Å². The Morgan fingerprint density at radius 2 is 2.31 bits per heavy atom. The molecule has 0 atom stereocenters. The van der Waals surface area contributed by atoms with E-state index in [9.17, 15) is 4.79 Å². The Balaban J connectivity index is 2.08. The van der Waals surface area contributed by atoms with E-state index < -0.39 is 5.97 Å². The summed E-state index contributed by atoms with van der Waals surface area (Å²) in [6.45, 7) is 3.24. The number of nitrogens with zero attached hydrogens (tertiary/aromatic N) is 1. The monoisotopic (exact) mass is 239 g/mol. The van der Waals surface area contributed by atoms with Gasteiger partial charge in [0.2, 0.25) is 0 Å². The second kappa shape index (κ2) is 4.87. The number of unbranched alkanes of at least 4 members (excludes halogenated alkanes) is 1. The van der Waals surface area contributed by atoms with E-state index in [-0.39, 0.29) is 0 Å². The summed E-state index contributed by atoms with van der Waals surface area (Å²) >= 11 is 1.39. The molecule has 1 aromatic heterocycles. The minimum Gasteiger partial charge on any atom is -0.477 e. The molecule has 0 amide bonds. The topological polar surface area (TPSA) is 40.5 Å². The molecule has 0 aromatic carbocycles. The third kappa shape index (κ3) is 2.55. The Labute approximate surface area is 99.7 Å². The maximum Gasteiger partial charge on any atom is 0.345 e. The standard InChI is InChI=1S/C12H17NO2S/c1-2-3-8-13(9-4-5-9)11-7-6-10(16-11)12(14)15/h6-7,9H,2-5,8H2,1H3,(H,14,15). The number of carboxylic acids is 1. The average molecular weight is 239 g/mol. The number of anilines is 1. The van der Waals surface area contributed by atoms with Gasteiger partial charge in [0.1, 0.15) is 4.88 Å². The first kappa shape index (κ1) is 11.5. The molecule has 0 spiro atoms. The van der Waals surface area contributed by atoms with Gasteiger partial charge in [0.05, 0.1) is 5.00 Å². The second-order valence-corrected chi connectivity index (χ2v) is 5.28. The highest BCUT2D eigenvalue weighted by Crippen LogP contribution is 2.35. The van der Waals surface area contributed by atoms with Gasteiger partial charge in [0.25, 0.3) is 0 Å². The molecule has 0 bridgehead atoms. The molecule has 3 nitrogen and oxygen atoms in total. The molecule has 1 aliphatic rings. The van der Waals surface area contributed by atoms with Crippen LogP contribution in [-0.2, 0) is 0 Å². The summed E-state index contributed by atoms with van der Waals surface area (Å²) in [5, 5.41) is 10.0. The molecule has 4 heteroatoms. The summed E-state index contributed by atoms with van der Waals surface area (Å²) in [4.78, 5) is 13.6. The van der Waals surface area contributed by atoms with E-state index in [4.69, 9.17) is 5.11 Å². The number of thiophene rings is 1. The predicted octanol–water partition coefficient (Wildman–Crippen LogP) is 3.22. The van der Waals surface area contributed by atoms with Gasteiger partial charge in [-0.15, -0.1) is 11.3 Å². The third-order valence-electron chi connectivity index (χ3n) is 2.83. The molecule has 0 saturated heterocycles. The summed E-state index contributed by atoms with van der Waals surface area (Å²) in [5.74, 6) is -0.817. The van der Waals surface area contributed by atoms with Gasteiger partial charge in [-0.3, -0.25) is 0 Å². The molecular weight excluding hydrogens is 222 g/mol. The molecule has 0 aliphatic heterocycles. The SMILES string of the molecule is CCCCN(c1ccc(C(=O)O)s1)C1CC1. The van der Waals surface area contributed by atoms with E-state index in [0.717, 1.165) is 11.5 Å². The van der Waals surface area contributed by atoms with Crippen molar-refractivity contribution in [3.8, 4) is 0 Å². The zero-order valence-electron chi connectivity index (χ0n) is 9.48. The summed E-state index contributed by atoms with van der Waals surface area (Å²) in [6, 6.07) is 4.32. The van der Waals surface area contributed by atoms with Gasteiger partial charge in [-0.1, -0.05) is 13.3 Å². The number of hydrogen-bond donors (Lipinski definition) is 1. The Morgan fingerprint density at radius 3 is 2.81 bits per heavy atom. The number of aromatic carboxylic acids is 1. The van der Waals surface area contributed by atoms with Crippen LogP contribution in [0.15, 0.2) is 12.1 Å². The van der Waals surface area contributed by atoms with Crippen molar-refractivity contribution >= 4 is 22.3 Å². The molecule has 0 unspecified atom stereocenters. The lowest BCUT2D eigenvalue weighted by Crippen LogP contribution is -2.25. The molecule has 1 heterocycles. The van der Waals surface area contributed by atoms with E-state index in [1.165, 1.54) is 37.0 Å². The predicted molar refractivity (Wildman–Crippen MR) is 66.6 cm³/mol. The maximum absolute atomic E-state index is 10.8. The van der Waals surface area contributed by atoms with Crippen molar-refractivity contribution in [1.29, 1.82) is 0 Å². The molecule has 16 heavy (non-hydrogen) atoms. The number of carbonyl (C=O) groups is 1. The van der Waals surface area contributed by atoms with Crippen LogP contribution in [0.5, 0.6) is 0 Å². The van der Waals surface area contributed by atoms with Crippen molar-refractivity contribution in [3.63, 3.8) is 0 Å². The molecule has 88 valence electrons. The fourth-order valence-electron chi connectivity index (χ4n) is 1.78. The first-order valence-corrected chi connectivity index (χ1v) is 6.63. The highest BCUT2D eigenvalue weighted by Gasteiger charge is 2.29. The van der Waals surface area contributed by atoms with Crippen LogP contribution in [0.3, 0.4) is 0 Å². The van der Waals surface area contributed by atoms with Gasteiger partial charge < -0.3 is 10.0 Å². The van der Waals surface area contributed by atoms with Crippen molar-refractivity contribution in [2.45, 2.75) is 38.6 Å². The van der Waals surface area contributed by atoms with Crippen molar-refractivity contribution in [1.82, 2.24) is 0 Å². The molecule has 2 rings (SSSR count). The smallest absolute Gasteiger partial charge is 0.345 e. The van der Waals surface area contributed by atoms with Gasteiger partial charge in [-0.05, 0) is 31.4 Å². The van der Waals surface area contributed by atoms with Crippen molar-refractivity contribution < 1.29 is 9.90 Å². The van der Waals surface area contributed by atoms with E-state index in [1.807, 2.05) is 6.07 Å². The largest absolute Gasteiger partial charge is 0.477 e. The molecule has 0 radical (unpaired) electrons. The Kier molecular flexibility index (Phi) is 3.49. The lowest BCUT2D eigenvalue weighted by molar-refractivity contribution is 0.0702. The molecule has 1 saturated carbocycles. The Morgan fingerprint density at radius 1 is 1.56 bits per heavy atom. The van der Waals surface area contributed by atoms with Crippen molar-refractivity contribution in [2.75, 3.05) is 11.4 Å². The van der Waals surface area contributed by atoms with Crippen LogP contribution in [0.2, 0.25) is 0 Å². The highest BCUT2D eigenvalue weighted by atomic mass is 32.1. The molecule has 1 fully saturated rings. The minimum absolute atomic E-state index is 0.442. The van der Waals surface area contributed by atoms with Gasteiger partial charge in [-0.25, -0.2) is 4.79 Å². The summed E-state index contributed by atoms with van der Waals surface area (Å²) in [5.41, 5.74) is 0. The van der Waals surface area contributed by atoms with Crippen LogP contribution < -0.4 is 4.90 Å². The zero-order chi connectivity index (χ0) is 11.5. The Hall–Kier alpha value is -1.03. The van der Waals surface area contributed by atoms with E-state index in [1.54, 1.807) is 6.07 Å². The van der Waals surface area contributed by atoms with Crippen molar-refractivity contribution in [2.24, 2.45) is 0 Å². The lowest BCUT2D eigenvalue weighted by atomic mass is 10.3. The molecule has 1 aliphatic carbocycles. The number of carboxylic acid groups (broad SMARTS) is 1. The van der Waals surface area contributed by atoms with Crippen LogP contribution in [-0.4, -0.2) is 23.7 Å². The average Bonchev–Trinajstić information content (AvgIpc) is 2.96. The zero-order valence-corrected chi connectivity index (χ0v) is 10.3. The molecular formula is C12H17NO2S. The summed E-state index contributed by atoms with van der Waals surface area (Å²) in [6.07, 6.45) is 4.87. The van der Waals surface area contributed by atoms with Crippen LogP contribution in [0, 0.1) is 0 Å². The minimum atomic E-state index is -0.817. The van der Waals surface area contributed by atoms with Crippen LogP contribution in [0.1, 0.15) is 42.3 Å². The lowest BCUT2D eigenvalue weighted by Gasteiger charge is -2.22. The van der Waals surface area contributed by atoms with Gasteiger partial charge in [0, 0.05) is 12.6 Å². The van der Waals surface area contributed by atoms with Gasteiger partial charge in [0.15, 0.2) is 0 Å². The fourth-order valence-corrected chi connectivity index (χ4v) is 2.73. The third-order valence-corrected chi connectivity index (χ3v) is 3.94. The molecule has 1 aromatic rings. The maximum atomic E-state index is 10.8. The fraction of sp³-hybridized carbons (Fsp3) is 0.583. The Bertz CT molecular complexity index is 371. The quantitative estimate of drug-likeness (QED) is 0.828. The second-order valence-electron chi connectivity index (χ2n) is 4.22.